The Kier molecular flexibility index (Phi) is 1.41. The molecule has 0 spiro atoms. The van der Waals surface area contributed by atoms with Crippen LogP contribution in [0.4, 0.5) is 4.39 Å². The van der Waals surface area contributed by atoms with E-state index in [1.807, 2.05) is 6.07 Å². The minimum Gasteiger partial charge on any atom is -0.239 e. The summed E-state index contributed by atoms with van der Waals surface area (Å²) in [5.41, 5.74) is 0.220. The summed E-state index contributed by atoms with van der Waals surface area (Å²) >= 11 is 0. The summed E-state index contributed by atoms with van der Waals surface area (Å²) in [5, 5.41) is 8.50. The number of nitriles is 1. The first kappa shape index (κ1) is 7.30. The lowest BCUT2D eigenvalue weighted by molar-refractivity contribution is 0.317. The van der Waals surface area contributed by atoms with Crippen molar-refractivity contribution in [3.8, 4) is 6.07 Å². The van der Waals surface area contributed by atoms with Crippen LogP contribution in [0.15, 0.2) is 24.3 Å². The van der Waals surface area contributed by atoms with E-state index in [-0.39, 0.29) is 0 Å². The Labute approximate surface area is 70.4 Å². The average molecular weight is 161 g/mol. The number of hydrogen-bond donors (Lipinski definition) is 0. The van der Waals surface area contributed by atoms with Gasteiger partial charge in [-0.15, -0.1) is 0 Å². The predicted octanol–water partition coefficient (Wildman–Crippen LogP) is 2.52. The zero-order valence-corrected chi connectivity index (χ0v) is 6.55. The lowest BCUT2D eigenvalue weighted by Crippen LogP contribution is -1.96. The van der Waals surface area contributed by atoms with Crippen LogP contribution in [0.2, 0.25) is 0 Å². The van der Waals surface area contributed by atoms with Crippen LogP contribution in [0.5, 0.6) is 0 Å². The van der Waals surface area contributed by atoms with Gasteiger partial charge in [-0.05, 0) is 30.5 Å². The van der Waals surface area contributed by atoms with Crippen LogP contribution in [-0.4, -0.2) is 0 Å². The molecule has 0 bridgehead atoms. The quantitative estimate of drug-likeness (QED) is 0.620. The fraction of sp³-hybridized carbons (Fsp3) is 0.300. The van der Waals surface area contributed by atoms with Crippen LogP contribution in [-0.2, 0) is 5.67 Å². The molecular formula is C10H8FN. The van der Waals surface area contributed by atoms with Crippen molar-refractivity contribution in [3.05, 3.63) is 35.4 Å². The molecule has 1 aromatic rings. The van der Waals surface area contributed by atoms with Gasteiger partial charge in [0.1, 0.15) is 5.67 Å². The molecule has 1 aliphatic carbocycles. The van der Waals surface area contributed by atoms with Crippen molar-refractivity contribution in [2.24, 2.45) is 0 Å². The molecule has 0 atom stereocenters. The molecule has 0 heterocycles. The molecular weight excluding hydrogens is 153 g/mol. The molecule has 1 aromatic carbocycles. The van der Waals surface area contributed by atoms with Gasteiger partial charge in [0.15, 0.2) is 0 Å². The Morgan fingerprint density at radius 2 is 1.83 bits per heavy atom. The van der Waals surface area contributed by atoms with Crippen LogP contribution in [0.1, 0.15) is 24.0 Å². The zero-order valence-electron chi connectivity index (χ0n) is 6.55. The third-order valence-electron chi connectivity index (χ3n) is 2.22. The molecule has 60 valence electrons. The SMILES string of the molecule is N#Cc1ccc(C2(F)CC2)cc1. The van der Waals surface area contributed by atoms with Gasteiger partial charge in [0.05, 0.1) is 11.6 Å². The summed E-state index contributed by atoms with van der Waals surface area (Å²) in [6, 6.07) is 8.73. The highest BCUT2D eigenvalue weighted by atomic mass is 19.1. The number of benzene rings is 1. The number of nitrogens with zero attached hydrogens (tertiary/aromatic N) is 1. The first-order valence-electron chi connectivity index (χ1n) is 3.94. The van der Waals surface area contributed by atoms with Gasteiger partial charge in [0, 0.05) is 0 Å². The number of halogens is 1. The summed E-state index contributed by atoms with van der Waals surface area (Å²) in [5.74, 6) is 0. The molecule has 2 rings (SSSR count). The highest BCUT2D eigenvalue weighted by Crippen LogP contribution is 2.49. The van der Waals surface area contributed by atoms with E-state index in [9.17, 15) is 4.39 Å². The van der Waals surface area contributed by atoms with E-state index in [0.29, 0.717) is 24.0 Å². The summed E-state index contributed by atoms with van der Waals surface area (Å²) in [4.78, 5) is 0. The van der Waals surface area contributed by atoms with E-state index in [0.717, 1.165) is 0 Å². The molecule has 1 nitrogen and oxygen atoms in total. The molecule has 0 amide bonds. The molecule has 0 N–H and O–H groups in total. The standard InChI is InChI=1S/C10H8FN/c11-10(5-6-10)9-3-1-8(7-12)2-4-9/h1-4H,5-6H2. The first-order chi connectivity index (χ1) is 5.74. The van der Waals surface area contributed by atoms with Gasteiger partial charge in [0.25, 0.3) is 0 Å². The van der Waals surface area contributed by atoms with Crippen molar-refractivity contribution in [2.45, 2.75) is 18.5 Å². The molecule has 0 radical (unpaired) electrons. The maximum Gasteiger partial charge on any atom is 0.136 e. The fourth-order valence-corrected chi connectivity index (χ4v) is 1.24. The molecule has 0 aromatic heterocycles. The second kappa shape index (κ2) is 2.31. The molecule has 1 aliphatic rings. The second-order valence-electron chi connectivity index (χ2n) is 3.15. The number of rotatable bonds is 1. The molecule has 1 saturated carbocycles. The van der Waals surface area contributed by atoms with Crippen LogP contribution < -0.4 is 0 Å². The zero-order chi connectivity index (χ0) is 8.60. The van der Waals surface area contributed by atoms with Gasteiger partial charge < -0.3 is 0 Å². The number of alkyl halides is 1. The van der Waals surface area contributed by atoms with Crippen LogP contribution in [0, 0.1) is 11.3 Å². The van der Waals surface area contributed by atoms with Crippen LogP contribution in [0.3, 0.4) is 0 Å². The summed E-state index contributed by atoms with van der Waals surface area (Å²) in [6.07, 6.45) is 1.25. The van der Waals surface area contributed by atoms with Crippen LogP contribution >= 0.6 is 0 Å². The third-order valence-corrected chi connectivity index (χ3v) is 2.22. The van der Waals surface area contributed by atoms with E-state index in [1.165, 1.54) is 0 Å². The van der Waals surface area contributed by atoms with E-state index in [4.69, 9.17) is 5.26 Å². The largest absolute Gasteiger partial charge is 0.239 e. The summed E-state index contributed by atoms with van der Waals surface area (Å²) in [7, 11) is 0. The highest BCUT2D eigenvalue weighted by molar-refractivity contribution is 5.35. The topological polar surface area (TPSA) is 23.8 Å². The molecule has 0 aliphatic heterocycles. The van der Waals surface area contributed by atoms with Gasteiger partial charge in [-0.25, -0.2) is 4.39 Å². The highest BCUT2D eigenvalue weighted by Gasteiger charge is 2.44. The van der Waals surface area contributed by atoms with E-state index >= 15 is 0 Å². The molecule has 1 fully saturated rings. The van der Waals surface area contributed by atoms with Gasteiger partial charge in [-0.1, -0.05) is 12.1 Å². The van der Waals surface area contributed by atoms with Gasteiger partial charge in [0.2, 0.25) is 0 Å². The lowest BCUT2D eigenvalue weighted by Gasteiger charge is -2.03. The van der Waals surface area contributed by atoms with Crippen molar-refractivity contribution < 1.29 is 4.39 Å². The van der Waals surface area contributed by atoms with Crippen LogP contribution in [0.25, 0.3) is 0 Å². The summed E-state index contributed by atoms with van der Waals surface area (Å²) < 4.78 is 13.4. The lowest BCUT2D eigenvalue weighted by atomic mass is 10.1. The van der Waals surface area contributed by atoms with Crippen molar-refractivity contribution in [3.63, 3.8) is 0 Å². The summed E-state index contributed by atoms with van der Waals surface area (Å²) in [6.45, 7) is 0. The maximum atomic E-state index is 13.4. The van der Waals surface area contributed by atoms with Crippen molar-refractivity contribution in [1.82, 2.24) is 0 Å². The molecule has 0 saturated heterocycles. The Morgan fingerprint density at radius 3 is 2.25 bits per heavy atom. The first-order valence-corrected chi connectivity index (χ1v) is 3.94. The fourth-order valence-electron chi connectivity index (χ4n) is 1.24. The van der Waals surface area contributed by atoms with E-state index in [2.05, 4.69) is 0 Å². The van der Waals surface area contributed by atoms with Gasteiger partial charge in [-0.2, -0.15) is 5.26 Å². The minimum atomic E-state index is -1.08. The van der Waals surface area contributed by atoms with E-state index in [1.54, 1.807) is 24.3 Å². The van der Waals surface area contributed by atoms with Crippen molar-refractivity contribution in [1.29, 1.82) is 5.26 Å². The number of hydrogen-bond acceptors (Lipinski definition) is 1. The average Bonchev–Trinajstić information content (AvgIpc) is 2.85. The Hall–Kier alpha value is -1.36. The Balaban J connectivity index is 2.32. The molecule has 12 heavy (non-hydrogen) atoms. The smallest absolute Gasteiger partial charge is 0.136 e. The second-order valence-corrected chi connectivity index (χ2v) is 3.15. The van der Waals surface area contributed by atoms with Crippen molar-refractivity contribution >= 4 is 0 Å². The Morgan fingerprint density at radius 1 is 1.25 bits per heavy atom. The van der Waals surface area contributed by atoms with Gasteiger partial charge >= 0.3 is 0 Å². The third kappa shape index (κ3) is 1.08. The predicted molar refractivity (Wildman–Crippen MR) is 43.2 cm³/mol. The molecule has 0 unspecified atom stereocenters. The monoisotopic (exact) mass is 161 g/mol. The maximum absolute atomic E-state index is 13.4. The Bertz CT molecular complexity index is 330. The van der Waals surface area contributed by atoms with E-state index < -0.39 is 5.67 Å². The normalized spacial score (nSPS) is 18.3. The van der Waals surface area contributed by atoms with Crippen molar-refractivity contribution in [2.75, 3.05) is 0 Å². The molecule has 2 heteroatoms. The minimum absolute atomic E-state index is 0.586. The van der Waals surface area contributed by atoms with Gasteiger partial charge in [-0.3, -0.25) is 0 Å².